The van der Waals surface area contributed by atoms with Crippen molar-refractivity contribution in [1.82, 2.24) is 9.80 Å². The Morgan fingerprint density at radius 1 is 1.00 bits per heavy atom. The number of likely N-dealkylation sites (N-methyl/N-ethyl adjacent to an activating group) is 1. The average Bonchev–Trinajstić information content (AvgIpc) is 2.55. The van der Waals surface area contributed by atoms with E-state index in [-0.39, 0.29) is 17.9 Å². The molecule has 1 heterocycles. The average molecular weight is 334 g/mol. The first-order chi connectivity index (χ1) is 11.3. The van der Waals surface area contributed by atoms with E-state index >= 15 is 0 Å². The Morgan fingerprint density at radius 2 is 1.58 bits per heavy atom. The molecular weight excluding hydrogens is 308 g/mol. The summed E-state index contributed by atoms with van der Waals surface area (Å²) in [5.41, 5.74) is 0. The van der Waals surface area contributed by atoms with Crippen molar-refractivity contribution in [2.45, 2.75) is 45.9 Å². The maximum Gasteiger partial charge on any atom is 0.245 e. The van der Waals surface area contributed by atoms with Gasteiger partial charge in [-0.25, -0.2) is 0 Å². The second-order valence-corrected chi connectivity index (χ2v) is 6.32. The van der Waals surface area contributed by atoms with E-state index in [4.69, 9.17) is 9.47 Å². The minimum atomic E-state index is -0.455. The first-order valence-electron chi connectivity index (χ1n) is 8.28. The van der Waals surface area contributed by atoms with E-state index in [0.29, 0.717) is 18.9 Å². The number of ether oxygens (including phenoxy) is 2. The lowest BCUT2D eigenvalue weighted by molar-refractivity contribution is -0.158. The molecule has 1 aliphatic heterocycles. The summed E-state index contributed by atoms with van der Waals surface area (Å²) in [6.07, 6.45) is 0.126. The van der Waals surface area contributed by atoms with Crippen molar-refractivity contribution in [2.24, 2.45) is 0 Å². The quantitative estimate of drug-likeness (QED) is 0.798. The van der Waals surface area contributed by atoms with Crippen molar-refractivity contribution in [3.05, 3.63) is 24.3 Å². The highest BCUT2D eigenvalue weighted by atomic mass is 16.5. The third-order valence-electron chi connectivity index (χ3n) is 4.19. The fourth-order valence-corrected chi connectivity index (χ4v) is 2.67. The van der Waals surface area contributed by atoms with E-state index in [1.807, 2.05) is 38.1 Å². The molecule has 0 saturated carbocycles. The SMILES string of the molecule is CC(C)Oc1ccc(OCCN2C(=O)[C@H](C)N(C)C(=O)[C@@H]2C)cc1. The number of hydrogen-bond acceptors (Lipinski definition) is 4. The molecule has 1 aliphatic rings. The molecule has 24 heavy (non-hydrogen) atoms. The van der Waals surface area contributed by atoms with E-state index in [1.165, 1.54) is 4.90 Å². The summed E-state index contributed by atoms with van der Waals surface area (Å²) >= 11 is 0. The van der Waals surface area contributed by atoms with Gasteiger partial charge in [-0.1, -0.05) is 0 Å². The molecule has 0 unspecified atom stereocenters. The normalized spacial score (nSPS) is 21.4. The monoisotopic (exact) mass is 334 g/mol. The third-order valence-corrected chi connectivity index (χ3v) is 4.19. The van der Waals surface area contributed by atoms with Gasteiger partial charge in [-0.2, -0.15) is 0 Å². The van der Waals surface area contributed by atoms with E-state index in [2.05, 4.69) is 0 Å². The minimum Gasteiger partial charge on any atom is -0.492 e. The number of nitrogens with zero attached hydrogens (tertiary/aromatic N) is 2. The van der Waals surface area contributed by atoms with Crippen LogP contribution < -0.4 is 9.47 Å². The highest BCUT2D eigenvalue weighted by Crippen LogP contribution is 2.19. The molecule has 0 bridgehead atoms. The molecule has 132 valence electrons. The van der Waals surface area contributed by atoms with Crippen LogP contribution in [0.1, 0.15) is 27.7 Å². The van der Waals surface area contributed by atoms with Gasteiger partial charge < -0.3 is 19.3 Å². The molecule has 2 amide bonds. The van der Waals surface area contributed by atoms with Crippen LogP contribution in [0, 0.1) is 0 Å². The fourth-order valence-electron chi connectivity index (χ4n) is 2.67. The number of hydrogen-bond donors (Lipinski definition) is 0. The number of piperazine rings is 1. The predicted octanol–water partition coefficient (Wildman–Crippen LogP) is 1.93. The Balaban J connectivity index is 1.89. The summed E-state index contributed by atoms with van der Waals surface area (Å²) in [5, 5.41) is 0. The molecule has 0 aliphatic carbocycles. The molecule has 2 rings (SSSR count). The van der Waals surface area contributed by atoms with Crippen molar-refractivity contribution in [1.29, 1.82) is 0 Å². The van der Waals surface area contributed by atoms with Crippen LogP contribution in [0.15, 0.2) is 24.3 Å². The second-order valence-electron chi connectivity index (χ2n) is 6.32. The smallest absolute Gasteiger partial charge is 0.245 e. The molecule has 6 nitrogen and oxygen atoms in total. The maximum absolute atomic E-state index is 12.3. The summed E-state index contributed by atoms with van der Waals surface area (Å²) in [5.74, 6) is 1.41. The van der Waals surface area contributed by atoms with Gasteiger partial charge in [0, 0.05) is 7.05 Å². The molecule has 6 heteroatoms. The lowest BCUT2D eigenvalue weighted by Crippen LogP contribution is -2.62. The van der Waals surface area contributed by atoms with Crippen molar-refractivity contribution in [2.75, 3.05) is 20.2 Å². The molecular formula is C18H26N2O4. The van der Waals surface area contributed by atoms with E-state index in [0.717, 1.165) is 5.75 Å². The Bertz CT molecular complexity index is 585. The zero-order valence-electron chi connectivity index (χ0n) is 15.0. The first kappa shape index (κ1) is 18.1. The molecule has 0 radical (unpaired) electrons. The lowest BCUT2D eigenvalue weighted by Gasteiger charge is -2.40. The lowest BCUT2D eigenvalue weighted by atomic mass is 10.1. The van der Waals surface area contributed by atoms with Gasteiger partial charge in [0.05, 0.1) is 12.6 Å². The van der Waals surface area contributed by atoms with Crippen molar-refractivity contribution in [3.8, 4) is 11.5 Å². The molecule has 0 N–H and O–H groups in total. The summed E-state index contributed by atoms with van der Waals surface area (Å²) in [6, 6.07) is 6.49. The second kappa shape index (κ2) is 7.55. The number of carbonyl (C=O) groups excluding carboxylic acids is 2. The summed E-state index contributed by atoms with van der Waals surface area (Å²) in [7, 11) is 1.66. The van der Waals surface area contributed by atoms with Gasteiger partial charge in [0.15, 0.2) is 0 Å². The van der Waals surface area contributed by atoms with Crippen LogP contribution in [0.25, 0.3) is 0 Å². The Hall–Kier alpha value is -2.24. The van der Waals surface area contributed by atoms with Crippen molar-refractivity contribution >= 4 is 11.8 Å². The molecule has 1 fully saturated rings. The largest absolute Gasteiger partial charge is 0.492 e. The topological polar surface area (TPSA) is 59.1 Å². The minimum absolute atomic E-state index is 0.0442. The standard InChI is InChI=1S/C18H26N2O4/c1-12(2)24-16-8-6-15(7-9-16)23-11-10-20-14(4)17(21)19(5)13(3)18(20)22/h6-9,12-14H,10-11H2,1-5H3/t13-,14-/m0/s1. The highest BCUT2D eigenvalue weighted by molar-refractivity contribution is 5.96. The molecule has 0 aromatic heterocycles. The summed E-state index contributed by atoms with van der Waals surface area (Å²) < 4.78 is 11.3. The van der Waals surface area contributed by atoms with Crippen molar-refractivity contribution in [3.63, 3.8) is 0 Å². The molecule has 0 spiro atoms. The third kappa shape index (κ3) is 3.99. The van der Waals surface area contributed by atoms with Gasteiger partial charge in [-0.05, 0) is 52.0 Å². The van der Waals surface area contributed by atoms with Crippen LogP contribution in [0.3, 0.4) is 0 Å². The summed E-state index contributed by atoms with van der Waals surface area (Å²) in [6.45, 7) is 8.16. The van der Waals surface area contributed by atoms with Gasteiger partial charge in [0.2, 0.25) is 11.8 Å². The van der Waals surface area contributed by atoms with Crippen LogP contribution in [0.4, 0.5) is 0 Å². The Labute approximate surface area is 143 Å². The Kier molecular flexibility index (Phi) is 5.70. The van der Waals surface area contributed by atoms with E-state index in [9.17, 15) is 9.59 Å². The van der Waals surface area contributed by atoms with Gasteiger partial charge in [-0.3, -0.25) is 9.59 Å². The van der Waals surface area contributed by atoms with Crippen LogP contribution in [-0.2, 0) is 9.59 Å². The summed E-state index contributed by atoms with van der Waals surface area (Å²) in [4.78, 5) is 27.6. The maximum atomic E-state index is 12.3. The van der Waals surface area contributed by atoms with Gasteiger partial charge >= 0.3 is 0 Å². The number of carbonyl (C=O) groups is 2. The van der Waals surface area contributed by atoms with Crippen molar-refractivity contribution < 1.29 is 19.1 Å². The fraction of sp³-hybridized carbons (Fsp3) is 0.556. The molecule has 1 aromatic rings. The predicted molar refractivity (Wildman–Crippen MR) is 91.1 cm³/mol. The zero-order chi connectivity index (χ0) is 17.9. The highest BCUT2D eigenvalue weighted by Gasteiger charge is 2.39. The first-order valence-corrected chi connectivity index (χ1v) is 8.28. The number of rotatable bonds is 6. The van der Waals surface area contributed by atoms with Gasteiger partial charge in [-0.15, -0.1) is 0 Å². The van der Waals surface area contributed by atoms with Gasteiger partial charge in [0.1, 0.15) is 30.2 Å². The number of benzene rings is 1. The molecule has 1 aromatic carbocycles. The van der Waals surface area contributed by atoms with Crippen LogP contribution in [-0.4, -0.2) is 60.0 Å². The molecule has 2 atom stereocenters. The zero-order valence-corrected chi connectivity index (χ0v) is 15.0. The number of amides is 2. The van der Waals surface area contributed by atoms with E-state index < -0.39 is 12.1 Å². The molecule has 1 saturated heterocycles. The van der Waals surface area contributed by atoms with E-state index in [1.54, 1.807) is 25.8 Å². The van der Waals surface area contributed by atoms with Crippen LogP contribution in [0.2, 0.25) is 0 Å². The van der Waals surface area contributed by atoms with Crippen LogP contribution in [0.5, 0.6) is 11.5 Å². The van der Waals surface area contributed by atoms with Crippen LogP contribution >= 0.6 is 0 Å². The van der Waals surface area contributed by atoms with Gasteiger partial charge in [0.25, 0.3) is 0 Å². The Morgan fingerprint density at radius 3 is 2.17 bits per heavy atom.